The van der Waals surface area contributed by atoms with E-state index in [2.05, 4.69) is 0 Å². The first-order valence-corrected chi connectivity index (χ1v) is 11.5. The molecule has 0 aliphatic carbocycles. The second-order valence-electron chi connectivity index (χ2n) is 8.54. The van der Waals surface area contributed by atoms with Crippen LogP contribution in [0.1, 0.15) is 20.6 Å². The molecule has 1 heterocycles. The Bertz CT molecular complexity index is 2880. The van der Waals surface area contributed by atoms with Crippen molar-refractivity contribution in [3.63, 3.8) is 0 Å². The molecule has 0 aliphatic rings. The maximum atomic E-state index is 9.30. The predicted octanol–water partition coefficient (Wildman–Crippen LogP) is 10.4. The normalized spacial score (nSPS) is 17.5. The monoisotopic (exact) mass is 485 g/mol. The molecule has 1 aromatic heterocycles. The highest BCUT2D eigenvalue weighted by Gasteiger charge is 2.20. The fourth-order valence-electron chi connectivity index (χ4n) is 5.14. The van der Waals surface area contributed by atoms with Gasteiger partial charge in [0.05, 0.1) is 20.6 Å². The summed E-state index contributed by atoms with van der Waals surface area (Å²) in [4.78, 5) is 0. The number of furan rings is 1. The molecule has 0 saturated heterocycles. The highest BCUT2D eigenvalue weighted by Crippen LogP contribution is 2.47. The van der Waals surface area contributed by atoms with Crippen LogP contribution in [-0.4, -0.2) is 0 Å². The molecule has 37 heavy (non-hydrogen) atoms. The van der Waals surface area contributed by atoms with Gasteiger partial charge in [0.1, 0.15) is 11.2 Å². The van der Waals surface area contributed by atoms with Gasteiger partial charge in [0.2, 0.25) is 0 Å². The van der Waals surface area contributed by atoms with E-state index >= 15 is 0 Å². The van der Waals surface area contributed by atoms with Crippen LogP contribution in [0.4, 0.5) is 0 Å². The zero-order valence-corrected chi connectivity index (χ0v) is 18.9. The van der Waals surface area contributed by atoms with Gasteiger partial charge in [-0.1, -0.05) is 121 Å². The lowest BCUT2D eigenvalue weighted by Gasteiger charge is -2.19. The average molecular weight is 486 g/mol. The van der Waals surface area contributed by atoms with Gasteiger partial charge in [0.25, 0.3) is 0 Å². The lowest BCUT2D eigenvalue weighted by atomic mass is 9.84. The Labute approximate surface area is 235 Å². The van der Waals surface area contributed by atoms with E-state index in [1.807, 2.05) is 18.2 Å². The van der Waals surface area contributed by atoms with E-state index in [1.54, 1.807) is 24.3 Å². The molecular weight excluding hydrogens is 448 g/mol. The first-order valence-electron chi connectivity index (χ1n) is 19.0. The molecule has 1 heteroatoms. The zero-order valence-electron chi connectivity index (χ0n) is 33.9. The summed E-state index contributed by atoms with van der Waals surface area (Å²) in [5, 5.41) is 0.0606. The van der Waals surface area contributed by atoms with E-state index in [9.17, 15) is 6.85 Å². The molecule has 0 N–H and O–H groups in total. The first kappa shape index (κ1) is 10.6. The Balaban J connectivity index is 1.80. The van der Waals surface area contributed by atoms with E-state index in [0.717, 1.165) is 5.39 Å². The smallest absolute Gasteiger partial charge is 0.136 e. The molecule has 7 aromatic carbocycles. The molecule has 8 rings (SSSR count). The summed E-state index contributed by atoms with van der Waals surface area (Å²) in [5.74, 6) is 0. The molecule has 0 unspecified atom stereocenters. The van der Waals surface area contributed by atoms with Gasteiger partial charge in [-0.2, -0.15) is 0 Å². The van der Waals surface area contributed by atoms with Crippen LogP contribution in [-0.2, 0) is 0 Å². The van der Waals surface area contributed by atoms with Gasteiger partial charge >= 0.3 is 0 Å². The SMILES string of the molecule is [2H]c1c([2H])c([2H])c2c(oc3c([2H])c([2H])c([2H])c(-c4c5c([2H])c([2H])c([2H])c([2H])c5c(-c5cccc6ccccc56)c5c([2H])c([2H])c([2H])c([2H])c45)c32)c1[2H]. The van der Waals surface area contributed by atoms with Crippen molar-refractivity contribution in [2.45, 2.75) is 0 Å². The van der Waals surface area contributed by atoms with Crippen LogP contribution in [0.3, 0.4) is 0 Å². The molecule has 172 valence electrons. The van der Waals surface area contributed by atoms with Crippen LogP contribution in [0.2, 0.25) is 0 Å². The fraction of sp³-hybridized carbons (Fsp3) is 0. The van der Waals surface area contributed by atoms with Crippen molar-refractivity contribution in [3.8, 4) is 22.3 Å². The minimum atomic E-state index is -0.710. The van der Waals surface area contributed by atoms with Gasteiger partial charge in [-0.15, -0.1) is 0 Å². The van der Waals surface area contributed by atoms with E-state index in [-0.39, 0.29) is 54.6 Å². The Morgan fingerprint density at radius 1 is 0.432 bits per heavy atom. The lowest BCUT2D eigenvalue weighted by Crippen LogP contribution is -1.92. The van der Waals surface area contributed by atoms with Crippen LogP contribution < -0.4 is 0 Å². The van der Waals surface area contributed by atoms with Gasteiger partial charge in [0.15, 0.2) is 0 Å². The largest absolute Gasteiger partial charge is 0.456 e. The van der Waals surface area contributed by atoms with Gasteiger partial charge in [-0.3, -0.25) is 0 Å². The Morgan fingerprint density at radius 2 is 1.00 bits per heavy atom. The minimum Gasteiger partial charge on any atom is -0.456 e. The molecule has 0 fully saturated rings. The van der Waals surface area contributed by atoms with Gasteiger partial charge in [0, 0.05) is 10.8 Å². The van der Waals surface area contributed by atoms with Crippen LogP contribution in [0, 0.1) is 0 Å². The number of fused-ring (bicyclic) bond motifs is 6. The molecule has 0 bridgehead atoms. The van der Waals surface area contributed by atoms with E-state index in [4.69, 9.17) is 18.1 Å². The molecule has 0 atom stereocenters. The molecule has 0 radical (unpaired) electrons. The highest BCUT2D eigenvalue weighted by atomic mass is 16.3. The quantitative estimate of drug-likeness (QED) is 0.222. The van der Waals surface area contributed by atoms with Gasteiger partial charge < -0.3 is 4.42 Å². The molecule has 0 spiro atoms. The van der Waals surface area contributed by atoms with Crippen molar-refractivity contribution in [2.75, 3.05) is 0 Å². The summed E-state index contributed by atoms with van der Waals surface area (Å²) in [6.45, 7) is 0. The summed E-state index contributed by atoms with van der Waals surface area (Å²) in [6, 6.07) is 2.93. The standard InChI is InChI=1S/C36H22O/c1-2-13-24-23(11-1)12-9-19-25(24)34-26-14-3-5-16-28(26)35(29-17-6-4-15-27(29)34)31-20-10-22-33-36(31)30-18-7-8-21-32(30)37-33/h1-22H/i3D,4D,5D,6D,7D,8D,10D,14D,15D,16D,17D,18D,20D,21D,22D. The van der Waals surface area contributed by atoms with E-state index in [1.165, 1.54) is 0 Å². The first-order chi connectivity index (χ1) is 24.6. The lowest BCUT2D eigenvalue weighted by molar-refractivity contribution is 0.669. The summed E-state index contributed by atoms with van der Waals surface area (Å²) < 4.78 is 139. The van der Waals surface area contributed by atoms with Crippen molar-refractivity contribution >= 4 is 54.3 Å². The number of hydrogen-bond acceptors (Lipinski definition) is 1. The maximum Gasteiger partial charge on any atom is 0.136 e. The third kappa shape index (κ3) is 2.92. The van der Waals surface area contributed by atoms with Crippen LogP contribution >= 0.6 is 0 Å². The molecule has 0 saturated carbocycles. The van der Waals surface area contributed by atoms with Crippen molar-refractivity contribution in [2.24, 2.45) is 0 Å². The Hall–Kier alpha value is -4.88. The van der Waals surface area contributed by atoms with E-state index in [0.29, 0.717) is 10.9 Å². The maximum absolute atomic E-state index is 9.30. The van der Waals surface area contributed by atoms with Crippen LogP contribution in [0.15, 0.2) is 138 Å². The molecule has 0 amide bonds. The molecule has 0 aliphatic heterocycles. The summed E-state index contributed by atoms with van der Waals surface area (Å²) in [6.07, 6.45) is 0. The van der Waals surface area contributed by atoms with Gasteiger partial charge in [-0.25, -0.2) is 0 Å². The number of hydrogen-bond donors (Lipinski definition) is 0. The van der Waals surface area contributed by atoms with Crippen LogP contribution in [0.25, 0.3) is 76.5 Å². The third-order valence-corrected chi connectivity index (χ3v) is 6.63. The zero-order chi connectivity index (χ0) is 37.4. The molecule has 1 nitrogen and oxygen atoms in total. The number of rotatable bonds is 2. The minimum absolute atomic E-state index is 0.0782. The molecule has 8 aromatic rings. The Kier molecular flexibility index (Phi) is 2.24. The average Bonchev–Trinajstić information content (AvgIpc) is 3.54. The van der Waals surface area contributed by atoms with Crippen molar-refractivity contribution in [3.05, 3.63) is 133 Å². The summed E-state index contributed by atoms with van der Waals surface area (Å²) in [5.41, 5.74) is -0.962. The second kappa shape index (κ2) is 7.81. The second-order valence-corrected chi connectivity index (χ2v) is 8.54. The topological polar surface area (TPSA) is 13.1 Å². The van der Waals surface area contributed by atoms with Crippen molar-refractivity contribution in [1.82, 2.24) is 0 Å². The number of benzene rings is 7. The van der Waals surface area contributed by atoms with Crippen molar-refractivity contribution in [1.29, 1.82) is 0 Å². The van der Waals surface area contributed by atoms with E-state index < -0.39 is 96.2 Å². The summed E-state index contributed by atoms with van der Waals surface area (Å²) in [7, 11) is 0. The molecular formula is C36H22O. The number of para-hydroxylation sites is 1. The highest BCUT2D eigenvalue weighted by molar-refractivity contribution is 6.26. The predicted molar refractivity (Wildman–Crippen MR) is 157 cm³/mol. The fourth-order valence-corrected chi connectivity index (χ4v) is 5.14. The van der Waals surface area contributed by atoms with Crippen LogP contribution in [0.5, 0.6) is 0 Å². The Morgan fingerprint density at radius 3 is 1.73 bits per heavy atom. The summed E-state index contributed by atoms with van der Waals surface area (Å²) >= 11 is 0. The van der Waals surface area contributed by atoms with Gasteiger partial charge in [-0.05, 0) is 66.7 Å². The third-order valence-electron chi connectivity index (χ3n) is 6.63. The van der Waals surface area contributed by atoms with Crippen molar-refractivity contribution < 1.29 is 25.0 Å².